The monoisotopic (exact) mass is 214 g/mol. The third-order valence-electron chi connectivity index (χ3n) is 2.00. The lowest BCUT2D eigenvalue weighted by molar-refractivity contribution is -0.121. The molecule has 0 aliphatic heterocycles. The highest BCUT2D eigenvalue weighted by Crippen LogP contribution is 2.12. The van der Waals surface area contributed by atoms with Gasteiger partial charge in [0.05, 0.1) is 0 Å². The third-order valence-corrected chi connectivity index (χ3v) is 2.00. The van der Waals surface area contributed by atoms with Gasteiger partial charge >= 0.3 is 0 Å². The first-order valence-corrected chi connectivity index (χ1v) is 4.69. The Morgan fingerprint density at radius 1 is 1.07 bits per heavy atom. The number of hydrogen-bond acceptors (Lipinski definition) is 4. The van der Waals surface area contributed by atoms with E-state index >= 15 is 0 Å². The summed E-state index contributed by atoms with van der Waals surface area (Å²) in [6, 6.07) is 0. The van der Waals surface area contributed by atoms with Crippen LogP contribution in [0.25, 0.3) is 0 Å². The summed E-state index contributed by atoms with van der Waals surface area (Å²) in [4.78, 5) is 22.1. The van der Waals surface area contributed by atoms with Crippen LogP contribution in [0.2, 0.25) is 0 Å². The van der Waals surface area contributed by atoms with Crippen LogP contribution in [0.5, 0.6) is 0 Å². The molecule has 0 saturated heterocycles. The van der Waals surface area contributed by atoms with Gasteiger partial charge in [-0.2, -0.15) is 0 Å². The quantitative estimate of drug-likeness (QED) is 0.213. The number of nitrogens with one attached hydrogen (secondary N) is 2. The fourth-order valence-corrected chi connectivity index (χ4v) is 1.18. The zero-order valence-electron chi connectivity index (χ0n) is 9.09. The summed E-state index contributed by atoms with van der Waals surface area (Å²) < 4.78 is 0. The van der Waals surface area contributed by atoms with Gasteiger partial charge in [-0.25, -0.2) is 11.7 Å². The van der Waals surface area contributed by atoms with Gasteiger partial charge in [0.25, 0.3) is 5.91 Å². The van der Waals surface area contributed by atoms with Gasteiger partial charge in [-0.1, -0.05) is 5.57 Å². The molecule has 0 saturated carbocycles. The highest BCUT2D eigenvalue weighted by Gasteiger charge is 2.10. The average molecular weight is 214 g/mol. The van der Waals surface area contributed by atoms with E-state index in [0.29, 0.717) is 24.8 Å². The predicted molar refractivity (Wildman–Crippen MR) is 56.9 cm³/mol. The van der Waals surface area contributed by atoms with Crippen molar-refractivity contribution in [1.29, 1.82) is 0 Å². The summed E-state index contributed by atoms with van der Waals surface area (Å²) in [5, 5.41) is 0. The van der Waals surface area contributed by atoms with E-state index < -0.39 is 0 Å². The summed E-state index contributed by atoms with van der Waals surface area (Å²) in [5.74, 6) is 9.42. The molecule has 86 valence electrons. The molecule has 0 aromatic carbocycles. The normalized spacial score (nSPS) is 9.33. The summed E-state index contributed by atoms with van der Waals surface area (Å²) >= 11 is 0. The minimum atomic E-state index is -0.303. The highest BCUT2D eigenvalue weighted by atomic mass is 16.2. The molecule has 0 rings (SSSR count). The van der Waals surface area contributed by atoms with Gasteiger partial charge < -0.3 is 0 Å². The molecule has 6 nitrogen and oxygen atoms in total. The molecule has 0 bridgehead atoms. The molecule has 2 amide bonds. The van der Waals surface area contributed by atoms with Crippen LogP contribution in [0.15, 0.2) is 11.1 Å². The van der Waals surface area contributed by atoms with Crippen LogP contribution in [0.3, 0.4) is 0 Å². The van der Waals surface area contributed by atoms with E-state index in [1.54, 1.807) is 0 Å². The fourth-order valence-electron chi connectivity index (χ4n) is 1.18. The lowest BCUT2D eigenvalue weighted by Gasteiger charge is -2.07. The number of rotatable bonds is 5. The minimum absolute atomic E-state index is 0.240. The molecule has 0 aliphatic rings. The minimum Gasteiger partial charge on any atom is -0.294 e. The second-order valence-electron chi connectivity index (χ2n) is 3.37. The fraction of sp³-hybridized carbons (Fsp3) is 0.556. The lowest BCUT2D eigenvalue weighted by atomic mass is 10.0. The van der Waals surface area contributed by atoms with E-state index in [9.17, 15) is 9.59 Å². The maximum atomic E-state index is 11.3. The Kier molecular flexibility index (Phi) is 6.32. The van der Waals surface area contributed by atoms with Gasteiger partial charge in [-0.3, -0.25) is 20.4 Å². The first kappa shape index (κ1) is 13.6. The van der Waals surface area contributed by atoms with Crippen molar-refractivity contribution in [2.45, 2.75) is 33.1 Å². The zero-order valence-corrected chi connectivity index (χ0v) is 9.09. The molecule has 0 fully saturated rings. The Morgan fingerprint density at radius 3 is 2.07 bits per heavy atom. The smallest absolute Gasteiger partial charge is 0.261 e. The van der Waals surface area contributed by atoms with Gasteiger partial charge in [-0.15, -0.1) is 0 Å². The van der Waals surface area contributed by atoms with Crippen LogP contribution in [-0.2, 0) is 9.59 Å². The Hall–Kier alpha value is -1.40. The molecule has 0 radical (unpaired) electrons. The van der Waals surface area contributed by atoms with Gasteiger partial charge in [0, 0.05) is 12.0 Å². The summed E-state index contributed by atoms with van der Waals surface area (Å²) in [6.45, 7) is 3.65. The Balaban J connectivity index is 4.17. The van der Waals surface area contributed by atoms with Crippen molar-refractivity contribution in [2.24, 2.45) is 11.7 Å². The van der Waals surface area contributed by atoms with Crippen molar-refractivity contribution in [3.05, 3.63) is 11.1 Å². The first-order valence-electron chi connectivity index (χ1n) is 4.69. The van der Waals surface area contributed by atoms with Crippen molar-refractivity contribution >= 4 is 11.8 Å². The molecule has 0 atom stereocenters. The molecular formula is C9H18N4O2. The SMILES string of the molecule is CC(C)=C(CCCC(=O)NN)C(=O)NN. The zero-order chi connectivity index (χ0) is 11.8. The number of carbonyl (C=O) groups is 2. The first-order chi connectivity index (χ1) is 7.02. The van der Waals surface area contributed by atoms with E-state index in [1.165, 1.54) is 0 Å². The summed E-state index contributed by atoms with van der Waals surface area (Å²) in [6.07, 6.45) is 1.38. The maximum Gasteiger partial charge on any atom is 0.261 e. The molecule has 0 spiro atoms. The molecule has 6 heteroatoms. The Labute approximate surface area is 89.0 Å². The van der Waals surface area contributed by atoms with Crippen LogP contribution < -0.4 is 22.5 Å². The molecule has 0 aromatic rings. The standard InChI is InChI=1S/C9H18N4O2/c1-6(2)7(9(15)13-11)4-3-5-8(14)12-10/h3-5,10-11H2,1-2H3,(H,12,14)(H,13,15). The van der Waals surface area contributed by atoms with Crippen LogP contribution in [0.1, 0.15) is 33.1 Å². The predicted octanol–water partition coefficient (Wildman–Crippen LogP) is -0.527. The van der Waals surface area contributed by atoms with E-state index in [4.69, 9.17) is 11.7 Å². The third kappa shape index (κ3) is 5.14. The number of allylic oxidation sites excluding steroid dienone is 1. The van der Waals surface area contributed by atoms with Gasteiger partial charge in [0.15, 0.2) is 0 Å². The Morgan fingerprint density at radius 2 is 1.67 bits per heavy atom. The van der Waals surface area contributed by atoms with Crippen LogP contribution in [0.4, 0.5) is 0 Å². The second-order valence-corrected chi connectivity index (χ2v) is 3.37. The van der Waals surface area contributed by atoms with E-state index in [2.05, 4.69) is 5.43 Å². The van der Waals surface area contributed by atoms with Gasteiger partial charge in [-0.05, 0) is 26.7 Å². The highest BCUT2D eigenvalue weighted by molar-refractivity contribution is 5.93. The van der Waals surface area contributed by atoms with E-state index in [0.717, 1.165) is 5.57 Å². The molecule has 15 heavy (non-hydrogen) atoms. The van der Waals surface area contributed by atoms with Crippen LogP contribution >= 0.6 is 0 Å². The molecule has 0 aliphatic carbocycles. The second kappa shape index (κ2) is 6.97. The largest absolute Gasteiger partial charge is 0.294 e. The van der Waals surface area contributed by atoms with Crippen molar-refractivity contribution in [2.75, 3.05) is 0 Å². The van der Waals surface area contributed by atoms with E-state index in [-0.39, 0.29) is 11.8 Å². The number of carbonyl (C=O) groups excluding carboxylic acids is 2. The van der Waals surface area contributed by atoms with E-state index in [1.807, 2.05) is 19.3 Å². The molecular weight excluding hydrogens is 196 g/mol. The van der Waals surface area contributed by atoms with Gasteiger partial charge in [0.1, 0.15) is 0 Å². The number of nitrogens with two attached hydrogens (primary N) is 2. The number of amides is 2. The summed E-state index contributed by atoms with van der Waals surface area (Å²) in [5.41, 5.74) is 5.62. The topological polar surface area (TPSA) is 110 Å². The molecule has 0 aromatic heterocycles. The average Bonchev–Trinajstić information content (AvgIpc) is 2.22. The van der Waals surface area contributed by atoms with Crippen molar-refractivity contribution in [3.63, 3.8) is 0 Å². The maximum absolute atomic E-state index is 11.3. The number of hydrogen-bond donors (Lipinski definition) is 4. The van der Waals surface area contributed by atoms with Gasteiger partial charge in [0.2, 0.25) is 5.91 Å². The molecule has 6 N–H and O–H groups in total. The Bertz CT molecular complexity index is 269. The molecule has 0 heterocycles. The van der Waals surface area contributed by atoms with Crippen LogP contribution in [-0.4, -0.2) is 11.8 Å². The van der Waals surface area contributed by atoms with Crippen LogP contribution in [0, 0.1) is 0 Å². The van der Waals surface area contributed by atoms with Crippen molar-refractivity contribution in [3.8, 4) is 0 Å². The van der Waals surface area contributed by atoms with Crippen molar-refractivity contribution < 1.29 is 9.59 Å². The lowest BCUT2D eigenvalue weighted by Crippen LogP contribution is -2.32. The van der Waals surface area contributed by atoms with Crippen molar-refractivity contribution in [1.82, 2.24) is 10.9 Å². The molecule has 0 unspecified atom stereocenters. The summed E-state index contributed by atoms with van der Waals surface area (Å²) in [7, 11) is 0. The number of hydrazine groups is 2.